The molecule has 3 nitrogen and oxygen atoms in total. The Hall–Kier alpha value is -1.16. The molecule has 0 saturated carbocycles. The van der Waals surface area contributed by atoms with Crippen molar-refractivity contribution < 1.29 is 4.39 Å². The molecule has 0 radical (unpaired) electrons. The number of nitrogen functional groups attached to an aromatic ring is 1. The zero-order valence-corrected chi connectivity index (χ0v) is 8.67. The van der Waals surface area contributed by atoms with Crippen molar-refractivity contribution in [2.45, 2.75) is 24.9 Å². The molecule has 1 fully saturated rings. The second-order valence-corrected chi connectivity index (χ2v) is 4.18. The lowest BCUT2D eigenvalue weighted by Crippen LogP contribution is -2.43. The number of halogens is 1. The van der Waals surface area contributed by atoms with Crippen LogP contribution in [0.3, 0.4) is 0 Å². The maximum absolute atomic E-state index is 14.3. The van der Waals surface area contributed by atoms with E-state index in [0.717, 1.165) is 18.5 Å². The summed E-state index contributed by atoms with van der Waals surface area (Å²) >= 11 is 0. The van der Waals surface area contributed by atoms with Crippen molar-refractivity contribution in [3.63, 3.8) is 0 Å². The summed E-state index contributed by atoms with van der Waals surface area (Å²) in [5, 5.41) is 3.08. The molecule has 1 aliphatic heterocycles. The SMILES string of the molecule is Nc1ccncc1CC1(F)CCCNC1. The Morgan fingerprint density at radius 1 is 1.60 bits per heavy atom. The van der Waals surface area contributed by atoms with E-state index in [2.05, 4.69) is 10.3 Å². The first kappa shape index (κ1) is 10.4. The summed E-state index contributed by atoms with van der Waals surface area (Å²) in [4.78, 5) is 3.98. The van der Waals surface area contributed by atoms with Gasteiger partial charge in [0.2, 0.25) is 0 Å². The molecule has 0 bridgehead atoms. The number of aromatic nitrogens is 1. The van der Waals surface area contributed by atoms with Gasteiger partial charge in [-0.05, 0) is 31.0 Å². The number of pyridine rings is 1. The number of alkyl halides is 1. The van der Waals surface area contributed by atoms with Crippen LogP contribution in [-0.2, 0) is 6.42 Å². The van der Waals surface area contributed by atoms with E-state index in [0.29, 0.717) is 25.1 Å². The van der Waals surface area contributed by atoms with Gasteiger partial charge < -0.3 is 11.1 Å². The highest BCUT2D eigenvalue weighted by Gasteiger charge is 2.32. The number of hydrogen-bond donors (Lipinski definition) is 2. The number of hydrogen-bond acceptors (Lipinski definition) is 3. The van der Waals surface area contributed by atoms with E-state index in [9.17, 15) is 4.39 Å². The Balaban J connectivity index is 2.10. The van der Waals surface area contributed by atoms with Gasteiger partial charge in [-0.3, -0.25) is 4.98 Å². The Kier molecular flexibility index (Phi) is 2.86. The third kappa shape index (κ3) is 2.45. The van der Waals surface area contributed by atoms with E-state index in [4.69, 9.17) is 5.73 Å². The van der Waals surface area contributed by atoms with Gasteiger partial charge in [0.05, 0.1) is 0 Å². The molecule has 1 aromatic heterocycles. The molecule has 1 atom stereocenters. The Bertz CT molecular complexity index is 334. The van der Waals surface area contributed by atoms with Crippen LogP contribution in [0.15, 0.2) is 18.5 Å². The van der Waals surface area contributed by atoms with Crippen LogP contribution in [0.2, 0.25) is 0 Å². The molecule has 4 heteroatoms. The minimum absolute atomic E-state index is 0.361. The van der Waals surface area contributed by atoms with E-state index in [1.807, 2.05) is 0 Å². The lowest BCUT2D eigenvalue weighted by Gasteiger charge is -2.30. The fourth-order valence-electron chi connectivity index (χ4n) is 2.01. The molecule has 2 rings (SSSR count). The first-order valence-corrected chi connectivity index (χ1v) is 5.28. The lowest BCUT2D eigenvalue weighted by molar-refractivity contribution is 0.122. The topological polar surface area (TPSA) is 50.9 Å². The summed E-state index contributed by atoms with van der Waals surface area (Å²) in [5.74, 6) is 0. The molecule has 1 aromatic rings. The minimum atomic E-state index is -1.16. The highest BCUT2D eigenvalue weighted by molar-refractivity contribution is 5.45. The Labute approximate surface area is 88.9 Å². The first-order valence-electron chi connectivity index (χ1n) is 5.28. The highest BCUT2D eigenvalue weighted by atomic mass is 19.1. The van der Waals surface area contributed by atoms with Crippen molar-refractivity contribution in [3.8, 4) is 0 Å². The summed E-state index contributed by atoms with van der Waals surface area (Å²) in [5.41, 5.74) is 6.05. The van der Waals surface area contributed by atoms with Crippen LogP contribution in [0.5, 0.6) is 0 Å². The second-order valence-electron chi connectivity index (χ2n) is 4.18. The molecule has 1 unspecified atom stereocenters. The summed E-state index contributed by atoms with van der Waals surface area (Å²) in [7, 11) is 0. The zero-order chi connectivity index (χ0) is 10.7. The van der Waals surface area contributed by atoms with Gasteiger partial charge in [0.15, 0.2) is 0 Å². The summed E-state index contributed by atoms with van der Waals surface area (Å²) in [6.07, 6.45) is 5.14. The van der Waals surface area contributed by atoms with Crippen LogP contribution < -0.4 is 11.1 Å². The highest BCUT2D eigenvalue weighted by Crippen LogP contribution is 2.27. The lowest BCUT2D eigenvalue weighted by atomic mass is 9.89. The average molecular weight is 209 g/mol. The van der Waals surface area contributed by atoms with Crippen molar-refractivity contribution >= 4 is 5.69 Å². The smallest absolute Gasteiger partial charge is 0.127 e. The molecule has 15 heavy (non-hydrogen) atoms. The van der Waals surface area contributed by atoms with Crippen molar-refractivity contribution in [1.82, 2.24) is 10.3 Å². The van der Waals surface area contributed by atoms with Crippen LogP contribution in [0.4, 0.5) is 10.1 Å². The number of anilines is 1. The molecule has 1 aliphatic rings. The predicted octanol–water partition coefficient (Wildman–Crippen LogP) is 1.30. The van der Waals surface area contributed by atoms with Crippen LogP contribution >= 0.6 is 0 Å². The van der Waals surface area contributed by atoms with Crippen molar-refractivity contribution in [2.24, 2.45) is 0 Å². The summed E-state index contributed by atoms with van der Waals surface area (Å²) < 4.78 is 14.3. The van der Waals surface area contributed by atoms with Gasteiger partial charge in [-0.2, -0.15) is 0 Å². The standard InChI is InChI=1S/C11H16FN3/c12-11(3-1-4-15-8-11)6-9-7-14-5-2-10(9)13/h2,5,7,15H,1,3-4,6,8H2,(H2,13,14). The molecular formula is C11H16FN3. The molecular weight excluding hydrogens is 193 g/mol. The molecule has 2 heterocycles. The first-order chi connectivity index (χ1) is 7.20. The number of nitrogens with two attached hydrogens (primary N) is 1. The van der Waals surface area contributed by atoms with Gasteiger partial charge >= 0.3 is 0 Å². The van der Waals surface area contributed by atoms with E-state index in [1.165, 1.54) is 0 Å². The van der Waals surface area contributed by atoms with Gasteiger partial charge in [0.25, 0.3) is 0 Å². The maximum Gasteiger partial charge on any atom is 0.127 e. The predicted molar refractivity (Wildman–Crippen MR) is 58.3 cm³/mol. The Morgan fingerprint density at radius 2 is 2.47 bits per heavy atom. The summed E-state index contributed by atoms with van der Waals surface area (Å²) in [6.45, 7) is 1.33. The van der Waals surface area contributed by atoms with Crippen LogP contribution in [-0.4, -0.2) is 23.7 Å². The number of nitrogens with one attached hydrogen (secondary N) is 1. The molecule has 82 valence electrons. The van der Waals surface area contributed by atoms with Crippen LogP contribution in [0, 0.1) is 0 Å². The zero-order valence-electron chi connectivity index (χ0n) is 8.67. The molecule has 0 amide bonds. The van der Waals surface area contributed by atoms with E-state index in [1.54, 1.807) is 18.5 Å². The van der Waals surface area contributed by atoms with Gasteiger partial charge in [0.1, 0.15) is 5.67 Å². The molecule has 1 saturated heterocycles. The Morgan fingerprint density at radius 3 is 3.13 bits per heavy atom. The second kappa shape index (κ2) is 4.14. The van der Waals surface area contributed by atoms with Crippen LogP contribution in [0.1, 0.15) is 18.4 Å². The molecule has 0 spiro atoms. The van der Waals surface area contributed by atoms with Gasteiger partial charge in [-0.25, -0.2) is 4.39 Å². The van der Waals surface area contributed by atoms with Crippen molar-refractivity contribution in [1.29, 1.82) is 0 Å². The summed E-state index contributed by atoms with van der Waals surface area (Å²) in [6, 6.07) is 1.72. The average Bonchev–Trinajstić information content (AvgIpc) is 2.22. The fraction of sp³-hybridized carbons (Fsp3) is 0.545. The van der Waals surface area contributed by atoms with Crippen molar-refractivity contribution in [2.75, 3.05) is 18.8 Å². The van der Waals surface area contributed by atoms with Crippen molar-refractivity contribution in [3.05, 3.63) is 24.0 Å². The third-order valence-electron chi connectivity index (χ3n) is 2.87. The van der Waals surface area contributed by atoms with Gasteiger partial charge in [-0.1, -0.05) is 0 Å². The molecule has 0 aliphatic carbocycles. The quantitative estimate of drug-likeness (QED) is 0.772. The third-order valence-corrected chi connectivity index (χ3v) is 2.87. The van der Waals surface area contributed by atoms with Crippen LogP contribution in [0.25, 0.3) is 0 Å². The fourth-order valence-corrected chi connectivity index (χ4v) is 2.01. The number of rotatable bonds is 2. The maximum atomic E-state index is 14.3. The van der Waals surface area contributed by atoms with E-state index >= 15 is 0 Å². The molecule has 0 aromatic carbocycles. The molecule has 3 N–H and O–H groups in total. The number of piperidine rings is 1. The van der Waals surface area contributed by atoms with Gasteiger partial charge in [0, 0.05) is 31.0 Å². The largest absolute Gasteiger partial charge is 0.398 e. The normalized spacial score (nSPS) is 26.5. The number of nitrogens with zero attached hydrogens (tertiary/aromatic N) is 1. The minimum Gasteiger partial charge on any atom is -0.398 e. The monoisotopic (exact) mass is 209 g/mol. The van der Waals surface area contributed by atoms with Gasteiger partial charge in [-0.15, -0.1) is 0 Å². The van der Waals surface area contributed by atoms with E-state index < -0.39 is 5.67 Å². The van der Waals surface area contributed by atoms with E-state index in [-0.39, 0.29) is 0 Å².